The van der Waals surface area contributed by atoms with Gasteiger partial charge in [-0.05, 0) is 19.5 Å². The van der Waals surface area contributed by atoms with Gasteiger partial charge >= 0.3 is 6.18 Å². The average molecular weight is 221 g/mol. The largest absolute Gasteiger partial charge is 0.389 e. The molecule has 0 amide bonds. The Bertz CT molecular complexity index is 306. The first kappa shape index (κ1) is 12.0. The standard InChI is InChI=1S/C9H14F3N3/c1-13-7(3-5-9(10,11)12)8-4-6-14-15(8)2/h4,6-7,13H,3,5H2,1-2H3. The molecule has 0 aliphatic rings. The Labute approximate surface area is 86.3 Å². The Balaban J connectivity index is 2.61. The summed E-state index contributed by atoms with van der Waals surface area (Å²) in [6.07, 6.45) is -3.29. The van der Waals surface area contributed by atoms with Crippen LogP contribution >= 0.6 is 0 Å². The molecule has 0 aliphatic carbocycles. The van der Waals surface area contributed by atoms with Crippen LogP contribution in [-0.4, -0.2) is 23.0 Å². The number of nitrogens with zero attached hydrogens (tertiary/aromatic N) is 2. The third-order valence-electron chi connectivity index (χ3n) is 2.28. The first-order valence-electron chi connectivity index (χ1n) is 4.66. The minimum atomic E-state index is -4.10. The number of hydrogen-bond donors (Lipinski definition) is 1. The molecule has 0 fully saturated rings. The van der Waals surface area contributed by atoms with Crippen LogP contribution in [0.1, 0.15) is 24.6 Å². The maximum absolute atomic E-state index is 12.0. The van der Waals surface area contributed by atoms with Gasteiger partial charge in [0.25, 0.3) is 0 Å². The summed E-state index contributed by atoms with van der Waals surface area (Å²) in [5.41, 5.74) is 0.766. The first-order valence-corrected chi connectivity index (χ1v) is 4.66. The molecule has 15 heavy (non-hydrogen) atoms. The molecular formula is C9H14F3N3. The molecule has 1 aromatic rings. The highest BCUT2D eigenvalue weighted by Gasteiger charge is 2.28. The van der Waals surface area contributed by atoms with Crippen LogP contribution in [0.3, 0.4) is 0 Å². The van der Waals surface area contributed by atoms with Crippen LogP contribution in [0.5, 0.6) is 0 Å². The van der Waals surface area contributed by atoms with Gasteiger partial charge in [0.05, 0.1) is 5.69 Å². The summed E-state index contributed by atoms with van der Waals surface area (Å²) in [5, 5.41) is 6.78. The summed E-state index contributed by atoms with van der Waals surface area (Å²) in [4.78, 5) is 0. The quantitative estimate of drug-likeness (QED) is 0.843. The molecule has 1 atom stereocenters. The number of hydrogen-bond acceptors (Lipinski definition) is 2. The topological polar surface area (TPSA) is 29.9 Å². The van der Waals surface area contributed by atoms with Gasteiger partial charge in [-0.1, -0.05) is 0 Å². The summed E-state index contributed by atoms with van der Waals surface area (Å²) in [6, 6.07) is 1.41. The number of nitrogens with one attached hydrogen (secondary N) is 1. The Kier molecular flexibility index (Phi) is 3.73. The molecule has 0 saturated carbocycles. The molecular weight excluding hydrogens is 207 g/mol. The number of alkyl halides is 3. The van der Waals surface area contributed by atoms with E-state index in [2.05, 4.69) is 10.4 Å². The maximum atomic E-state index is 12.0. The number of halogens is 3. The van der Waals surface area contributed by atoms with Crippen LogP contribution in [0.4, 0.5) is 13.2 Å². The van der Waals surface area contributed by atoms with Crippen LogP contribution in [0, 0.1) is 0 Å². The molecule has 3 nitrogen and oxygen atoms in total. The highest BCUT2D eigenvalue weighted by Crippen LogP contribution is 2.26. The molecule has 0 spiro atoms. The zero-order valence-corrected chi connectivity index (χ0v) is 8.67. The Morgan fingerprint density at radius 3 is 2.60 bits per heavy atom. The van der Waals surface area contributed by atoms with E-state index in [0.717, 1.165) is 5.69 Å². The zero-order valence-electron chi connectivity index (χ0n) is 8.67. The fraction of sp³-hybridized carbons (Fsp3) is 0.667. The summed E-state index contributed by atoms with van der Waals surface area (Å²) in [7, 11) is 3.36. The van der Waals surface area contributed by atoms with Crippen molar-refractivity contribution >= 4 is 0 Å². The van der Waals surface area contributed by atoms with E-state index in [-0.39, 0.29) is 12.5 Å². The summed E-state index contributed by atoms with van der Waals surface area (Å²) < 4.78 is 37.7. The van der Waals surface area contributed by atoms with Crippen molar-refractivity contribution in [2.45, 2.75) is 25.1 Å². The Hall–Kier alpha value is -1.04. The van der Waals surface area contributed by atoms with Gasteiger partial charge in [-0.2, -0.15) is 18.3 Å². The van der Waals surface area contributed by atoms with Gasteiger partial charge in [0.15, 0.2) is 0 Å². The smallest absolute Gasteiger partial charge is 0.312 e. The fourth-order valence-electron chi connectivity index (χ4n) is 1.47. The van der Waals surface area contributed by atoms with Gasteiger partial charge in [0.2, 0.25) is 0 Å². The van der Waals surface area contributed by atoms with Crippen LogP contribution in [0.15, 0.2) is 12.3 Å². The fourth-order valence-corrected chi connectivity index (χ4v) is 1.47. The van der Waals surface area contributed by atoms with Gasteiger partial charge in [-0.15, -0.1) is 0 Å². The summed E-state index contributed by atoms with van der Waals surface area (Å²) >= 11 is 0. The van der Waals surface area contributed by atoms with Crippen molar-refractivity contribution in [2.75, 3.05) is 7.05 Å². The van der Waals surface area contributed by atoms with E-state index in [0.29, 0.717) is 0 Å². The molecule has 86 valence electrons. The van der Waals surface area contributed by atoms with E-state index in [1.165, 1.54) is 0 Å². The minimum absolute atomic E-state index is 0.0273. The van der Waals surface area contributed by atoms with E-state index in [9.17, 15) is 13.2 Å². The molecule has 0 aromatic carbocycles. The number of aryl methyl sites for hydroxylation is 1. The van der Waals surface area contributed by atoms with Gasteiger partial charge in [0.1, 0.15) is 0 Å². The second-order valence-electron chi connectivity index (χ2n) is 3.37. The summed E-state index contributed by atoms with van der Waals surface area (Å²) in [5.74, 6) is 0. The summed E-state index contributed by atoms with van der Waals surface area (Å²) in [6.45, 7) is 0. The second kappa shape index (κ2) is 4.65. The van der Waals surface area contributed by atoms with Gasteiger partial charge in [-0.25, -0.2) is 0 Å². The van der Waals surface area contributed by atoms with Crippen LogP contribution in [0.25, 0.3) is 0 Å². The van der Waals surface area contributed by atoms with Crippen molar-refractivity contribution < 1.29 is 13.2 Å². The highest BCUT2D eigenvalue weighted by molar-refractivity contribution is 5.06. The maximum Gasteiger partial charge on any atom is 0.389 e. The van der Waals surface area contributed by atoms with Crippen molar-refractivity contribution in [3.05, 3.63) is 18.0 Å². The molecule has 0 aliphatic heterocycles. The Morgan fingerprint density at radius 1 is 1.53 bits per heavy atom. The van der Waals surface area contributed by atoms with E-state index >= 15 is 0 Å². The SMILES string of the molecule is CNC(CCC(F)(F)F)c1ccnn1C. The lowest BCUT2D eigenvalue weighted by atomic mass is 10.1. The van der Waals surface area contributed by atoms with Crippen molar-refractivity contribution in [2.24, 2.45) is 7.05 Å². The number of aromatic nitrogens is 2. The number of rotatable bonds is 4. The Morgan fingerprint density at radius 2 is 2.20 bits per heavy atom. The molecule has 6 heteroatoms. The normalized spacial score (nSPS) is 14.2. The van der Waals surface area contributed by atoms with Crippen LogP contribution < -0.4 is 5.32 Å². The lowest BCUT2D eigenvalue weighted by Crippen LogP contribution is -2.21. The predicted molar refractivity (Wildman–Crippen MR) is 50.3 cm³/mol. The minimum Gasteiger partial charge on any atom is -0.312 e. The molecule has 1 rings (SSSR count). The molecule has 1 unspecified atom stereocenters. The lowest BCUT2D eigenvalue weighted by Gasteiger charge is -2.17. The van der Waals surface area contributed by atoms with Crippen molar-refractivity contribution in [3.8, 4) is 0 Å². The first-order chi connectivity index (χ1) is 6.94. The molecule has 1 heterocycles. The van der Waals surface area contributed by atoms with E-state index < -0.39 is 12.6 Å². The monoisotopic (exact) mass is 221 g/mol. The molecule has 0 bridgehead atoms. The van der Waals surface area contributed by atoms with Crippen LogP contribution in [-0.2, 0) is 7.05 Å². The van der Waals surface area contributed by atoms with Gasteiger partial charge < -0.3 is 5.32 Å². The average Bonchev–Trinajstić information content (AvgIpc) is 2.52. The van der Waals surface area contributed by atoms with Gasteiger partial charge in [0, 0.05) is 25.7 Å². The molecule has 0 radical (unpaired) electrons. The second-order valence-corrected chi connectivity index (χ2v) is 3.37. The zero-order chi connectivity index (χ0) is 11.5. The van der Waals surface area contributed by atoms with E-state index in [4.69, 9.17) is 0 Å². The van der Waals surface area contributed by atoms with E-state index in [1.54, 1.807) is 31.0 Å². The molecule has 0 saturated heterocycles. The van der Waals surface area contributed by atoms with E-state index in [1.807, 2.05) is 0 Å². The van der Waals surface area contributed by atoms with Crippen LogP contribution in [0.2, 0.25) is 0 Å². The van der Waals surface area contributed by atoms with Gasteiger partial charge in [-0.3, -0.25) is 4.68 Å². The van der Waals surface area contributed by atoms with Crippen molar-refractivity contribution in [1.82, 2.24) is 15.1 Å². The lowest BCUT2D eigenvalue weighted by molar-refractivity contribution is -0.136. The van der Waals surface area contributed by atoms with Crippen molar-refractivity contribution in [1.29, 1.82) is 0 Å². The third kappa shape index (κ3) is 3.54. The third-order valence-corrected chi connectivity index (χ3v) is 2.28. The molecule has 1 N–H and O–H groups in total. The molecule has 1 aromatic heterocycles. The predicted octanol–water partition coefficient (Wildman–Crippen LogP) is 2.02. The van der Waals surface area contributed by atoms with Crippen molar-refractivity contribution in [3.63, 3.8) is 0 Å². The highest BCUT2D eigenvalue weighted by atomic mass is 19.4.